The fourth-order valence-electron chi connectivity index (χ4n) is 0.835. The lowest BCUT2D eigenvalue weighted by Crippen LogP contribution is -1.96. The average molecular weight is 176 g/mol. The van der Waals surface area contributed by atoms with Crippen molar-refractivity contribution in [1.29, 1.82) is 0 Å². The minimum atomic E-state index is 0.235. The van der Waals surface area contributed by atoms with Gasteiger partial charge in [0.05, 0.1) is 5.76 Å². The Morgan fingerprint density at radius 2 is 1.77 bits per heavy atom. The lowest BCUT2D eigenvalue weighted by molar-refractivity contribution is 0.166. The van der Waals surface area contributed by atoms with Gasteiger partial charge in [-0.2, -0.15) is 0 Å². The van der Waals surface area contributed by atoms with E-state index in [9.17, 15) is 0 Å². The maximum atomic E-state index is 5.25. The second-order valence-electron chi connectivity index (χ2n) is 2.59. The van der Waals surface area contributed by atoms with Crippen molar-refractivity contribution in [3.05, 3.63) is 55.2 Å². The van der Waals surface area contributed by atoms with Crippen LogP contribution < -0.4 is 4.74 Å². The number of ether oxygens (including phenoxy) is 2. The van der Waals surface area contributed by atoms with Gasteiger partial charge in [0, 0.05) is 0 Å². The first kappa shape index (κ1) is 9.39. The Morgan fingerprint density at radius 3 is 2.31 bits per heavy atom. The standard InChI is InChI=1S/C11H12O2/c1-9(2)12-10(3)13-11-7-5-4-6-8-11/h4-8H,1,3H2,2H3. The quantitative estimate of drug-likeness (QED) is 0.656. The van der Waals surface area contributed by atoms with Crippen LogP contribution in [-0.4, -0.2) is 0 Å². The highest BCUT2D eigenvalue weighted by molar-refractivity contribution is 5.22. The molecule has 2 nitrogen and oxygen atoms in total. The molecule has 0 aliphatic rings. The normalized spacial score (nSPS) is 9.00. The van der Waals surface area contributed by atoms with Crippen LogP contribution in [0.1, 0.15) is 6.92 Å². The van der Waals surface area contributed by atoms with Crippen LogP contribution in [0.25, 0.3) is 0 Å². The summed E-state index contributed by atoms with van der Waals surface area (Å²) >= 11 is 0. The third-order valence-electron chi connectivity index (χ3n) is 1.26. The molecule has 0 fully saturated rings. The highest BCUT2D eigenvalue weighted by Gasteiger charge is 1.97. The van der Waals surface area contributed by atoms with Crippen LogP contribution in [0.3, 0.4) is 0 Å². The predicted molar refractivity (Wildman–Crippen MR) is 52.1 cm³/mol. The van der Waals surface area contributed by atoms with Crippen LogP contribution in [-0.2, 0) is 4.74 Å². The van der Waals surface area contributed by atoms with Gasteiger partial charge < -0.3 is 9.47 Å². The van der Waals surface area contributed by atoms with Crippen molar-refractivity contribution in [3.63, 3.8) is 0 Å². The topological polar surface area (TPSA) is 18.5 Å². The Hall–Kier alpha value is -1.70. The van der Waals surface area contributed by atoms with Crippen molar-refractivity contribution in [2.24, 2.45) is 0 Å². The van der Waals surface area contributed by atoms with Gasteiger partial charge in [0.25, 0.3) is 5.95 Å². The van der Waals surface area contributed by atoms with E-state index in [0.717, 1.165) is 0 Å². The molecule has 1 rings (SSSR count). The van der Waals surface area contributed by atoms with E-state index in [4.69, 9.17) is 9.47 Å². The molecule has 0 aliphatic carbocycles. The van der Waals surface area contributed by atoms with Gasteiger partial charge in [-0.05, 0) is 25.6 Å². The Labute approximate surface area is 78.1 Å². The molecule has 0 heterocycles. The lowest BCUT2D eigenvalue weighted by atomic mass is 10.3. The van der Waals surface area contributed by atoms with Gasteiger partial charge in [-0.3, -0.25) is 0 Å². The summed E-state index contributed by atoms with van der Waals surface area (Å²) in [5.41, 5.74) is 0. The fraction of sp³-hybridized carbons (Fsp3) is 0.0909. The van der Waals surface area contributed by atoms with E-state index in [0.29, 0.717) is 11.5 Å². The molecule has 1 aromatic rings. The van der Waals surface area contributed by atoms with Crippen molar-refractivity contribution in [3.8, 4) is 5.75 Å². The van der Waals surface area contributed by atoms with Crippen LogP contribution in [0.4, 0.5) is 0 Å². The van der Waals surface area contributed by atoms with Gasteiger partial charge in [-0.25, -0.2) is 0 Å². The van der Waals surface area contributed by atoms with E-state index in [2.05, 4.69) is 13.2 Å². The number of para-hydroxylation sites is 1. The van der Waals surface area contributed by atoms with Crippen molar-refractivity contribution >= 4 is 0 Å². The summed E-state index contributed by atoms with van der Waals surface area (Å²) < 4.78 is 10.3. The molecule has 0 amide bonds. The zero-order valence-electron chi connectivity index (χ0n) is 7.62. The molecule has 0 saturated carbocycles. The fourth-order valence-corrected chi connectivity index (χ4v) is 0.835. The van der Waals surface area contributed by atoms with Crippen LogP contribution >= 0.6 is 0 Å². The third kappa shape index (κ3) is 3.47. The van der Waals surface area contributed by atoms with Gasteiger partial charge in [0.2, 0.25) is 0 Å². The number of benzene rings is 1. The zero-order chi connectivity index (χ0) is 9.68. The Kier molecular flexibility index (Phi) is 3.15. The molecule has 0 N–H and O–H groups in total. The summed E-state index contributed by atoms with van der Waals surface area (Å²) in [6.45, 7) is 8.89. The monoisotopic (exact) mass is 176 g/mol. The van der Waals surface area contributed by atoms with Gasteiger partial charge in [-0.1, -0.05) is 24.8 Å². The molecule has 13 heavy (non-hydrogen) atoms. The summed E-state index contributed by atoms with van der Waals surface area (Å²) in [6, 6.07) is 9.32. The van der Waals surface area contributed by atoms with E-state index in [1.165, 1.54) is 0 Å². The summed E-state index contributed by atoms with van der Waals surface area (Å²) in [5, 5.41) is 0. The maximum absolute atomic E-state index is 5.25. The second-order valence-corrected chi connectivity index (χ2v) is 2.59. The molecular weight excluding hydrogens is 164 g/mol. The Morgan fingerprint density at radius 1 is 1.15 bits per heavy atom. The molecule has 0 spiro atoms. The van der Waals surface area contributed by atoms with Crippen LogP contribution in [0, 0.1) is 0 Å². The molecule has 2 heteroatoms. The maximum Gasteiger partial charge on any atom is 0.282 e. The van der Waals surface area contributed by atoms with Gasteiger partial charge in [0.15, 0.2) is 0 Å². The molecular formula is C11H12O2. The summed E-state index contributed by atoms with van der Waals surface area (Å²) in [4.78, 5) is 0. The first-order valence-electron chi connectivity index (χ1n) is 3.93. The number of rotatable bonds is 4. The van der Waals surface area contributed by atoms with Gasteiger partial charge in [0.1, 0.15) is 5.75 Å². The van der Waals surface area contributed by atoms with Crippen molar-refractivity contribution in [1.82, 2.24) is 0 Å². The average Bonchev–Trinajstić information content (AvgIpc) is 2.04. The van der Waals surface area contributed by atoms with E-state index in [1.54, 1.807) is 6.92 Å². The number of hydrogen-bond acceptors (Lipinski definition) is 2. The molecule has 0 atom stereocenters. The zero-order valence-corrected chi connectivity index (χ0v) is 7.62. The summed E-state index contributed by atoms with van der Waals surface area (Å²) in [6.07, 6.45) is 0. The lowest BCUT2D eigenvalue weighted by Gasteiger charge is -2.08. The van der Waals surface area contributed by atoms with E-state index >= 15 is 0 Å². The predicted octanol–water partition coefficient (Wildman–Crippen LogP) is 3.09. The molecule has 68 valence electrons. The molecule has 0 bridgehead atoms. The first-order chi connectivity index (χ1) is 6.18. The van der Waals surface area contributed by atoms with E-state index < -0.39 is 0 Å². The highest BCUT2D eigenvalue weighted by Crippen LogP contribution is 2.13. The van der Waals surface area contributed by atoms with Gasteiger partial charge in [-0.15, -0.1) is 0 Å². The number of hydrogen-bond donors (Lipinski definition) is 0. The number of allylic oxidation sites excluding steroid dienone is 1. The Balaban J connectivity index is 2.50. The molecule has 0 aromatic heterocycles. The van der Waals surface area contributed by atoms with Crippen molar-refractivity contribution in [2.45, 2.75) is 6.92 Å². The van der Waals surface area contributed by atoms with Crippen LogP contribution in [0.2, 0.25) is 0 Å². The molecule has 0 aliphatic heterocycles. The Bertz CT molecular complexity index is 301. The minimum absolute atomic E-state index is 0.235. The first-order valence-corrected chi connectivity index (χ1v) is 3.93. The van der Waals surface area contributed by atoms with E-state index in [-0.39, 0.29) is 5.95 Å². The smallest absolute Gasteiger partial charge is 0.282 e. The highest BCUT2D eigenvalue weighted by atomic mass is 16.7. The van der Waals surface area contributed by atoms with Gasteiger partial charge >= 0.3 is 0 Å². The van der Waals surface area contributed by atoms with E-state index in [1.807, 2.05) is 30.3 Å². The SMILES string of the molecule is C=C(C)OC(=C)Oc1ccccc1. The molecule has 1 aromatic carbocycles. The molecule has 0 unspecified atom stereocenters. The summed E-state index contributed by atoms with van der Waals surface area (Å²) in [5.74, 6) is 1.49. The third-order valence-corrected chi connectivity index (χ3v) is 1.26. The summed E-state index contributed by atoms with van der Waals surface area (Å²) in [7, 11) is 0. The largest absolute Gasteiger partial charge is 0.432 e. The van der Waals surface area contributed by atoms with Crippen molar-refractivity contribution < 1.29 is 9.47 Å². The van der Waals surface area contributed by atoms with Crippen LogP contribution in [0.15, 0.2) is 55.2 Å². The molecule has 0 saturated heterocycles. The minimum Gasteiger partial charge on any atom is -0.432 e. The van der Waals surface area contributed by atoms with Crippen LogP contribution in [0.5, 0.6) is 5.75 Å². The second kappa shape index (κ2) is 4.36. The molecule has 0 radical (unpaired) electrons. The van der Waals surface area contributed by atoms with Crippen molar-refractivity contribution in [2.75, 3.05) is 0 Å².